The Morgan fingerprint density at radius 3 is 1.22 bits per heavy atom. The van der Waals surface area contributed by atoms with Crippen LogP contribution in [0.2, 0.25) is 0 Å². The molecule has 6 heteroatoms. The lowest BCUT2D eigenvalue weighted by atomic mass is 10.4. The van der Waals surface area contributed by atoms with E-state index < -0.39 is 0 Å². The van der Waals surface area contributed by atoms with Crippen molar-refractivity contribution in [3.8, 4) is 0 Å². The number of anilines is 3. The van der Waals surface area contributed by atoms with Gasteiger partial charge in [-0.25, -0.2) is 4.98 Å². The summed E-state index contributed by atoms with van der Waals surface area (Å²) >= 11 is 0. The van der Waals surface area contributed by atoms with E-state index in [1.807, 2.05) is 147 Å². The first-order chi connectivity index (χ1) is 15.9. The molecule has 0 radical (unpaired) electrons. The fourth-order valence-corrected chi connectivity index (χ4v) is 1.88. The van der Waals surface area contributed by atoms with Crippen molar-refractivity contribution < 1.29 is 0 Å². The zero-order chi connectivity index (χ0) is 26.1. The largest absolute Gasteiger partial charge is 0.378 e. The van der Waals surface area contributed by atoms with Crippen molar-refractivity contribution in [3.63, 3.8) is 0 Å². The highest BCUT2D eigenvalue weighted by molar-refractivity contribution is 5.42. The van der Waals surface area contributed by atoms with Crippen molar-refractivity contribution in [2.24, 2.45) is 0 Å². The minimum absolute atomic E-state index is 0. The Morgan fingerprint density at radius 2 is 0.972 bits per heavy atom. The van der Waals surface area contributed by atoms with Crippen LogP contribution >= 0.6 is 0 Å². The first-order valence-electron chi connectivity index (χ1n) is 11.6. The van der Waals surface area contributed by atoms with Gasteiger partial charge in [0, 0.05) is 72.8 Å². The molecule has 0 aliphatic rings. The van der Waals surface area contributed by atoms with Crippen LogP contribution < -0.4 is 14.7 Å². The molecular weight excluding hydrogens is 444 g/mol. The van der Waals surface area contributed by atoms with E-state index in [1.54, 1.807) is 24.8 Å². The molecule has 0 spiro atoms. The molecular formula is C30H60N6. The van der Waals surface area contributed by atoms with Crippen molar-refractivity contribution in [2.45, 2.75) is 63.8 Å². The quantitative estimate of drug-likeness (QED) is 0.357. The molecule has 3 aromatic rings. The summed E-state index contributed by atoms with van der Waals surface area (Å²) in [6, 6.07) is 13.7. The molecule has 0 saturated carbocycles. The maximum Gasteiger partial charge on any atom is 0.127 e. The smallest absolute Gasteiger partial charge is 0.127 e. The topological polar surface area (TPSA) is 48.4 Å². The van der Waals surface area contributed by atoms with E-state index in [-0.39, 0.29) is 22.3 Å². The lowest BCUT2D eigenvalue weighted by Crippen LogP contribution is -2.09. The van der Waals surface area contributed by atoms with Gasteiger partial charge in [-0.1, -0.05) is 69.9 Å². The number of rotatable bonds is 3. The maximum absolute atomic E-state index is 4.10. The standard InChI is InChI=1S/3C7H10N2.3C2H6.3CH4/c1-9(2)7-3-5-8-6-4-7;1-9(2)7-4-3-5-8-6-7;1-9(2)7-5-3-4-6-8-7;3*1-2;;;/h3*3-6H,1-2H3;3*1-2H3;3*1H4. The van der Waals surface area contributed by atoms with E-state index in [4.69, 9.17) is 0 Å². The number of hydrogen-bond acceptors (Lipinski definition) is 6. The van der Waals surface area contributed by atoms with Gasteiger partial charge in [-0.05, 0) is 36.4 Å². The van der Waals surface area contributed by atoms with Crippen LogP contribution in [0.1, 0.15) is 63.8 Å². The molecule has 0 fully saturated rings. The van der Waals surface area contributed by atoms with Gasteiger partial charge < -0.3 is 14.7 Å². The lowest BCUT2D eigenvalue weighted by Gasteiger charge is -2.10. The van der Waals surface area contributed by atoms with Gasteiger partial charge in [-0.2, -0.15) is 0 Å². The number of hydrogen-bond donors (Lipinski definition) is 0. The maximum atomic E-state index is 4.10. The molecule has 0 unspecified atom stereocenters. The Kier molecular flexibility index (Phi) is 43.7. The van der Waals surface area contributed by atoms with Crippen molar-refractivity contribution in [3.05, 3.63) is 73.4 Å². The summed E-state index contributed by atoms with van der Waals surface area (Å²) in [4.78, 5) is 18.0. The van der Waals surface area contributed by atoms with Gasteiger partial charge >= 0.3 is 0 Å². The van der Waals surface area contributed by atoms with E-state index in [9.17, 15) is 0 Å². The molecule has 3 rings (SSSR count). The van der Waals surface area contributed by atoms with Crippen LogP contribution in [0.15, 0.2) is 73.4 Å². The van der Waals surface area contributed by atoms with Gasteiger partial charge in [0.25, 0.3) is 0 Å². The van der Waals surface area contributed by atoms with E-state index >= 15 is 0 Å². The SMILES string of the molecule is C.C.C.CC.CC.CC.CN(C)c1ccccn1.CN(C)c1cccnc1.CN(C)c1ccncc1. The van der Waals surface area contributed by atoms with Crippen molar-refractivity contribution >= 4 is 17.2 Å². The highest BCUT2D eigenvalue weighted by Crippen LogP contribution is 2.06. The highest BCUT2D eigenvalue weighted by atomic mass is 15.1. The van der Waals surface area contributed by atoms with Gasteiger partial charge in [-0.3, -0.25) is 9.97 Å². The fraction of sp³-hybridized carbons (Fsp3) is 0.500. The fourth-order valence-electron chi connectivity index (χ4n) is 1.88. The van der Waals surface area contributed by atoms with Crippen LogP contribution in [0.25, 0.3) is 0 Å². The molecule has 6 nitrogen and oxygen atoms in total. The monoisotopic (exact) mass is 504 g/mol. The predicted octanol–water partition coefficient (Wildman–Crippen LogP) is 8.43. The van der Waals surface area contributed by atoms with Crippen LogP contribution in [0.5, 0.6) is 0 Å². The molecule has 0 saturated heterocycles. The Morgan fingerprint density at radius 1 is 0.472 bits per heavy atom. The van der Waals surface area contributed by atoms with Crippen LogP contribution in [0.3, 0.4) is 0 Å². The van der Waals surface area contributed by atoms with Crippen molar-refractivity contribution in [1.29, 1.82) is 0 Å². The molecule has 0 N–H and O–H groups in total. The van der Waals surface area contributed by atoms with Gasteiger partial charge in [0.1, 0.15) is 5.82 Å². The third-order valence-corrected chi connectivity index (χ3v) is 3.45. The Labute approximate surface area is 226 Å². The average Bonchev–Trinajstić information content (AvgIpc) is 2.90. The summed E-state index contributed by atoms with van der Waals surface area (Å²) in [7, 11) is 12.0. The summed E-state index contributed by atoms with van der Waals surface area (Å²) in [5.41, 5.74) is 2.32. The number of aromatic nitrogens is 3. The first kappa shape index (κ1) is 46.2. The van der Waals surface area contributed by atoms with Crippen molar-refractivity contribution in [1.82, 2.24) is 15.0 Å². The van der Waals surface area contributed by atoms with Crippen LogP contribution in [-0.2, 0) is 0 Å². The number of nitrogens with zero attached hydrogens (tertiary/aromatic N) is 6. The van der Waals surface area contributed by atoms with Crippen LogP contribution in [-0.4, -0.2) is 57.2 Å². The number of pyridine rings is 3. The Hall–Kier alpha value is -3.15. The highest BCUT2D eigenvalue weighted by Gasteiger charge is 1.90. The Balaban J connectivity index is -0.0000000816. The van der Waals surface area contributed by atoms with Gasteiger partial charge in [0.2, 0.25) is 0 Å². The molecule has 0 aromatic carbocycles. The summed E-state index contributed by atoms with van der Waals surface area (Å²) in [6.45, 7) is 12.0. The molecule has 36 heavy (non-hydrogen) atoms. The molecule has 210 valence electrons. The lowest BCUT2D eigenvalue weighted by molar-refractivity contribution is 1.07. The molecule has 0 aliphatic carbocycles. The molecule has 3 heterocycles. The summed E-state index contributed by atoms with van der Waals surface area (Å²) in [6.07, 6.45) is 8.97. The summed E-state index contributed by atoms with van der Waals surface area (Å²) < 4.78 is 0. The third-order valence-electron chi connectivity index (χ3n) is 3.45. The van der Waals surface area contributed by atoms with E-state index in [0.717, 1.165) is 11.5 Å². The first-order valence-corrected chi connectivity index (χ1v) is 11.6. The van der Waals surface area contributed by atoms with Crippen LogP contribution in [0, 0.1) is 0 Å². The molecule has 0 amide bonds. The van der Waals surface area contributed by atoms with E-state index in [0.29, 0.717) is 0 Å². The second-order valence-corrected chi connectivity index (χ2v) is 6.29. The van der Waals surface area contributed by atoms with E-state index in [2.05, 4.69) is 15.0 Å². The Bertz CT molecular complexity index is 615. The third kappa shape index (κ3) is 25.5. The van der Waals surface area contributed by atoms with Crippen LogP contribution in [0.4, 0.5) is 17.2 Å². The molecule has 0 bridgehead atoms. The van der Waals surface area contributed by atoms with Gasteiger partial charge in [0.15, 0.2) is 0 Å². The summed E-state index contributed by atoms with van der Waals surface area (Å²) in [5, 5.41) is 0. The predicted molar refractivity (Wildman–Crippen MR) is 170 cm³/mol. The second-order valence-electron chi connectivity index (χ2n) is 6.29. The molecule has 3 aromatic heterocycles. The normalized spacial score (nSPS) is 7.33. The zero-order valence-electron chi connectivity index (χ0n) is 23.1. The zero-order valence-corrected chi connectivity index (χ0v) is 23.1. The van der Waals surface area contributed by atoms with Gasteiger partial charge in [-0.15, -0.1) is 0 Å². The molecule has 0 atom stereocenters. The minimum Gasteiger partial charge on any atom is -0.378 e. The van der Waals surface area contributed by atoms with Crippen molar-refractivity contribution in [2.75, 3.05) is 57.0 Å². The summed E-state index contributed by atoms with van der Waals surface area (Å²) in [5.74, 6) is 0.998. The average molecular weight is 505 g/mol. The second kappa shape index (κ2) is 34.0. The minimum atomic E-state index is 0. The molecule has 0 aliphatic heterocycles. The van der Waals surface area contributed by atoms with Gasteiger partial charge in [0.05, 0.1) is 11.9 Å². The van der Waals surface area contributed by atoms with E-state index in [1.165, 1.54) is 5.69 Å².